The number of hydrogen-bond donors (Lipinski definition) is 0. The Balaban J connectivity index is 1.52. The Bertz CT molecular complexity index is 879. The third-order valence-corrected chi connectivity index (χ3v) is 4.47. The summed E-state index contributed by atoms with van der Waals surface area (Å²) in [5, 5.41) is 11.0. The summed E-state index contributed by atoms with van der Waals surface area (Å²) < 4.78 is 18.0. The lowest BCUT2D eigenvalue weighted by Crippen LogP contribution is -2.49. The second-order valence-corrected chi connectivity index (χ2v) is 6.19. The Morgan fingerprint density at radius 2 is 1.68 bits per heavy atom. The first-order valence-corrected chi connectivity index (χ1v) is 8.64. The topological polar surface area (TPSA) is 93.0 Å². The predicted octanol–water partition coefficient (Wildman–Crippen LogP) is 2.24. The Morgan fingerprint density at radius 3 is 2.32 bits per heavy atom. The number of ether oxygens (including phenoxy) is 1. The molecule has 0 atom stereocenters. The normalized spacial score (nSPS) is 13.9. The summed E-state index contributed by atoms with van der Waals surface area (Å²) in [7, 11) is 0. The van der Waals surface area contributed by atoms with Gasteiger partial charge in [-0.05, 0) is 30.3 Å². The maximum Gasteiger partial charge on any atom is 0.345 e. The number of nitrogens with zero attached hydrogens (tertiary/aromatic N) is 3. The highest BCUT2D eigenvalue weighted by molar-refractivity contribution is 5.95. The number of amides is 1. The van der Waals surface area contributed by atoms with E-state index in [2.05, 4.69) is 0 Å². The number of piperazine rings is 1. The summed E-state index contributed by atoms with van der Waals surface area (Å²) in [4.78, 5) is 38.3. The molecule has 2 aromatic rings. The molecule has 0 aromatic heterocycles. The molecule has 0 unspecified atom stereocenters. The minimum absolute atomic E-state index is 0.193. The minimum atomic E-state index is -0.911. The van der Waals surface area contributed by atoms with Crippen LogP contribution < -0.4 is 4.90 Å². The molecule has 0 bridgehead atoms. The van der Waals surface area contributed by atoms with E-state index in [4.69, 9.17) is 4.74 Å². The maximum atomic E-state index is 13.0. The molecule has 146 valence electrons. The minimum Gasteiger partial charge on any atom is -0.452 e. The van der Waals surface area contributed by atoms with Crippen LogP contribution in [0.3, 0.4) is 0 Å². The number of hydrogen-bond acceptors (Lipinski definition) is 6. The van der Waals surface area contributed by atoms with Gasteiger partial charge in [-0.3, -0.25) is 14.9 Å². The lowest BCUT2D eigenvalue weighted by Gasteiger charge is -2.36. The van der Waals surface area contributed by atoms with Crippen LogP contribution in [0.5, 0.6) is 0 Å². The lowest BCUT2D eigenvalue weighted by atomic mass is 10.2. The zero-order chi connectivity index (χ0) is 20.1. The van der Waals surface area contributed by atoms with E-state index in [9.17, 15) is 24.1 Å². The Morgan fingerprint density at radius 1 is 1.04 bits per heavy atom. The molecule has 0 radical (unpaired) electrons. The van der Waals surface area contributed by atoms with Gasteiger partial charge in [0.2, 0.25) is 0 Å². The highest BCUT2D eigenvalue weighted by Crippen LogP contribution is 2.19. The van der Waals surface area contributed by atoms with Gasteiger partial charge in [-0.15, -0.1) is 0 Å². The van der Waals surface area contributed by atoms with E-state index in [-0.39, 0.29) is 23.0 Å². The van der Waals surface area contributed by atoms with Gasteiger partial charge in [0.15, 0.2) is 6.61 Å². The molecule has 0 spiro atoms. The number of esters is 1. The Kier molecular flexibility index (Phi) is 5.83. The number of nitro benzene ring substituents is 1. The van der Waals surface area contributed by atoms with Gasteiger partial charge < -0.3 is 14.5 Å². The smallest absolute Gasteiger partial charge is 0.345 e. The molecule has 3 rings (SSSR count). The summed E-state index contributed by atoms with van der Waals surface area (Å²) >= 11 is 0. The van der Waals surface area contributed by atoms with Crippen molar-refractivity contribution in [2.45, 2.75) is 0 Å². The zero-order valence-electron chi connectivity index (χ0n) is 14.9. The largest absolute Gasteiger partial charge is 0.452 e. The molecule has 1 aliphatic heterocycles. The van der Waals surface area contributed by atoms with Crippen molar-refractivity contribution >= 4 is 23.3 Å². The van der Waals surface area contributed by atoms with Gasteiger partial charge in [0, 0.05) is 37.9 Å². The Hall–Kier alpha value is -3.49. The Labute approximate surface area is 160 Å². The fourth-order valence-electron chi connectivity index (χ4n) is 2.97. The predicted molar refractivity (Wildman–Crippen MR) is 98.6 cm³/mol. The summed E-state index contributed by atoms with van der Waals surface area (Å²) in [6.45, 7) is 1.50. The van der Waals surface area contributed by atoms with E-state index in [1.54, 1.807) is 17.0 Å². The van der Waals surface area contributed by atoms with Crippen molar-refractivity contribution < 1.29 is 23.6 Å². The number of nitro groups is 1. The molecule has 0 N–H and O–H groups in total. The van der Waals surface area contributed by atoms with Crippen LogP contribution in [0.25, 0.3) is 0 Å². The first kappa shape index (κ1) is 19.3. The van der Waals surface area contributed by atoms with Crippen molar-refractivity contribution in [2.75, 3.05) is 37.7 Å². The molecule has 1 heterocycles. The molecular formula is C19H18FN3O5. The van der Waals surface area contributed by atoms with Crippen LogP contribution in [-0.2, 0) is 9.53 Å². The molecule has 28 heavy (non-hydrogen) atoms. The number of anilines is 1. The maximum absolute atomic E-state index is 13.0. The lowest BCUT2D eigenvalue weighted by molar-refractivity contribution is -0.385. The quantitative estimate of drug-likeness (QED) is 0.444. The average molecular weight is 387 g/mol. The number of halogens is 1. The van der Waals surface area contributed by atoms with E-state index in [0.29, 0.717) is 26.2 Å². The van der Waals surface area contributed by atoms with Crippen molar-refractivity contribution in [3.8, 4) is 0 Å². The van der Waals surface area contributed by atoms with Crippen molar-refractivity contribution in [1.82, 2.24) is 4.90 Å². The molecule has 0 saturated carbocycles. The molecular weight excluding hydrogens is 369 g/mol. The van der Waals surface area contributed by atoms with Gasteiger partial charge >= 0.3 is 5.97 Å². The van der Waals surface area contributed by atoms with Crippen LogP contribution >= 0.6 is 0 Å². The monoisotopic (exact) mass is 387 g/mol. The average Bonchev–Trinajstić information content (AvgIpc) is 2.72. The van der Waals surface area contributed by atoms with E-state index < -0.39 is 17.5 Å². The van der Waals surface area contributed by atoms with Crippen molar-refractivity contribution in [3.05, 3.63) is 70.0 Å². The second-order valence-electron chi connectivity index (χ2n) is 6.19. The number of rotatable bonds is 5. The zero-order valence-corrected chi connectivity index (χ0v) is 14.9. The molecule has 1 amide bonds. The molecule has 1 saturated heterocycles. The standard InChI is InChI=1S/C19H18FN3O5/c20-14-5-7-15(8-6-14)21-9-11-22(12-10-21)18(24)13-28-19(25)16-3-1-2-4-17(16)23(26)27/h1-8H,9-13H2. The number of carbonyl (C=O) groups is 2. The van der Waals surface area contributed by atoms with Crippen LogP contribution in [0.1, 0.15) is 10.4 Å². The summed E-state index contributed by atoms with van der Waals surface area (Å²) in [5.74, 6) is -1.59. The highest BCUT2D eigenvalue weighted by atomic mass is 19.1. The summed E-state index contributed by atoms with van der Waals surface area (Å²) in [6, 6.07) is 11.5. The summed E-state index contributed by atoms with van der Waals surface area (Å²) in [6.07, 6.45) is 0. The van der Waals surface area contributed by atoms with E-state index >= 15 is 0 Å². The summed E-state index contributed by atoms with van der Waals surface area (Å²) in [5.41, 5.74) is 0.311. The number of benzene rings is 2. The fraction of sp³-hybridized carbons (Fsp3) is 0.263. The van der Waals surface area contributed by atoms with E-state index in [1.165, 1.54) is 36.4 Å². The van der Waals surface area contributed by atoms with Gasteiger partial charge in [-0.2, -0.15) is 0 Å². The number of carbonyl (C=O) groups excluding carboxylic acids is 2. The van der Waals surface area contributed by atoms with Crippen molar-refractivity contribution in [2.24, 2.45) is 0 Å². The van der Waals surface area contributed by atoms with Crippen LogP contribution in [0.15, 0.2) is 48.5 Å². The van der Waals surface area contributed by atoms with Crippen LogP contribution in [0.2, 0.25) is 0 Å². The van der Waals surface area contributed by atoms with E-state index in [0.717, 1.165) is 5.69 Å². The molecule has 8 nitrogen and oxygen atoms in total. The third kappa shape index (κ3) is 4.43. The molecule has 1 aliphatic rings. The fourth-order valence-corrected chi connectivity index (χ4v) is 2.97. The van der Waals surface area contributed by atoms with Crippen molar-refractivity contribution in [1.29, 1.82) is 0 Å². The molecule has 1 fully saturated rings. The second kappa shape index (κ2) is 8.47. The van der Waals surface area contributed by atoms with Crippen LogP contribution in [-0.4, -0.2) is 54.5 Å². The first-order valence-electron chi connectivity index (χ1n) is 8.64. The van der Waals surface area contributed by atoms with Gasteiger partial charge in [0.05, 0.1) is 4.92 Å². The van der Waals surface area contributed by atoms with Gasteiger partial charge in [0.1, 0.15) is 11.4 Å². The third-order valence-electron chi connectivity index (χ3n) is 4.47. The highest BCUT2D eigenvalue weighted by Gasteiger charge is 2.24. The van der Waals surface area contributed by atoms with E-state index in [1.807, 2.05) is 4.90 Å². The van der Waals surface area contributed by atoms with Crippen LogP contribution in [0, 0.1) is 15.9 Å². The van der Waals surface area contributed by atoms with Crippen molar-refractivity contribution in [3.63, 3.8) is 0 Å². The van der Waals surface area contributed by atoms with Gasteiger partial charge in [-0.25, -0.2) is 9.18 Å². The first-order chi connectivity index (χ1) is 13.5. The molecule has 2 aromatic carbocycles. The molecule has 9 heteroatoms. The van der Waals surface area contributed by atoms with Gasteiger partial charge in [-0.1, -0.05) is 12.1 Å². The van der Waals surface area contributed by atoms with Gasteiger partial charge in [0.25, 0.3) is 11.6 Å². The number of para-hydroxylation sites is 1. The SMILES string of the molecule is O=C(OCC(=O)N1CCN(c2ccc(F)cc2)CC1)c1ccccc1[N+](=O)[O-]. The van der Waals surface area contributed by atoms with Crippen LogP contribution in [0.4, 0.5) is 15.8 Å². The molecule has 0 aliphatic carbocycles.